The highest BCUT2D eigenvalue weighted by atomic mass is 127. The summed E-state index contributed by atoms with van der Waals surface area (Å²) in [5.41, 5.74) is 1.08. The normalized spacial score (nSPS) is 12.1. The van der Waals surface area contributed by atoms with Gasteiger partial charge in [-0.25, -0.2) is 4.99 Å². The first-order valence-corrected chi connectivity index (χ1v) is 9.91. The van der Waals surface area contributed by atoms with Gasteiger partial charge in [0.25, 0.3) is 0 Å². The van der Waals surface area contributed by atoms with Crippen molar-refractivity contribution in [3.05, 3.63) is 46.2 Å². The summed E-state index contributed by atoms with van der Waals surface area (Å²) in [5, 5.41) is 8.85. The van der Waals surface area contributed by atoms with E-state index in [0.717, 1.165) is 36.1 Å². The van der Waals surface area contributed by atoms with E-state index in [2.05, 4.69) is 42.0 Å². The average molecular weight is 503 g/mol. The largest absolute Gasteiger partial charge is 0.493 e. The smallest absolute Gasteiger partial charge is 0.191 e. The van der Waals surface area contributed by atoms with Crippen LogP contribution in [-0.4, -0.2) is 32.8 Å². The van der Waals surface area contributed by atoms with Gasteiger partial charge < -0.3 is 20.1 Å². The van der Waals surface area contributed by atoms with Gasteiger partial charge in [0.2, 0.25) is 0 Å². The molecule has 1 aromatic heterocycles. The van der Waals surface area contributed by atoms with E-state index < -0.39 is 0 Å². The molecule has 1 atom stereocenters. The van der Waals surface area contributed by atoms with Crippen LogP contribution in [0.15, 0.2) is 40.7 Å². The summed E-state index contributed by atoms with van der Waals surface area (Å²) in [6, 6.07) is 10.2. The van der Waals surface area contributed by atoms with E-state index in [1.54, 1.807) is 18.4 Å². The van der Waals surface area contributed by atoms with Crippen molar-refractivity contribution in [1.29, 1.82) is 0 Å². The lowest BCUT2D eigenvalue weighted by atomic mass is 10.1. The molecule has 27 heavy (non-hydrogen) atoms. The van der Waals surface area contributed by atoms with Gasteiger partial charge in [-0.15, -0.1) is 35.3 Å². The number of aliphatic imine (C=N–C) groups is 1. The first-order valence-electron chi connectivity index (χ1n) is 9.03. The highest BCUT2D eigenvalue weighted by Crippen LogP contribution is 2.28. The quantitative estimate of drug-likeness (QED) is 0.298. The molecule has 1 unspecified atom stereocenters. The molecule has 2 N–H and O–H groups in total. The number of thiophene rings is 1. The van der Waals surface area contributed by atoms with Crippen LogP contribution < -0.4 is 20.1 Å². The maximum Gasteiger partial charge on any atom is 0.191 e. The third-order valence-corrected chi connectivity index (χ3v) is 5.00. The Morgan fingerprint density at radius 1 is 1.19 bits per heavy atom. The molecule has 2 rings (SSSR count). The van der Waals surface area contributed by atoms with Crippen LogP contribution in [0, 0.1) is 0 Å². The molecule has 7 heteroatoms. The highest BCUT2D eigenvalue weighted by molar-refractivity contribution is 14.0. The van der Waals surface area contributed by atoms with Crippen LogP contribution in [0.1, 0.15) is 37.1 Å². The Morgan fingerprint density at radius 3 is 2.63 bits per heavy atom. The fraction of sp³-hybridized carbons (Fsp3) is 0.450. The standard InChI is InChI=1S/C20H29N3O2S.HI/c1-5-21-20(22-13-15(3)19-8-7-11-26-19)23-14-16-9-10-17(24-4)18(12-16)25-6-2;/h7-12,15H,5-6,13-14H2,1-4H3,(H2,21,22,23);1H. The fourth-order valence-electron chi connectivity index (χ4n) is 2.52. The minimum atomic E-state index is 0. The number of guanidine groups is 1. The van der Waals surface area contributed by atoms with Gasteiger partial charge in [0, 0.05) is 23.9 Å². The molecule has 1 heterocycles. The minimum Gasteiger partial charge on any atom is -0.493 e. The van der Waals surface area contributed by atoms with E-state index in [9.17, 15) is 0 Å². The molecule has 5 nitrogen and oxygen atoms in total. The Kier molecular flexibility index (Phi) is 11.2. The lowest BCUT2D eigenvalue weighted by Crippen LogP contribution is -2.39. The molecule has 0 bridgehead atoms. The van der Waals surface area contributed by atoms with Crippen molar-refractivity contribution >= 4 is 41.3 Å². The van der Waals surface area contributed by atoms with Crippen molar-refractivity contribution in [2.75, 3.05) is 26.8 Å². The molecule has 2 aromatic rings. The third-order valence-electron chi connectivity index (χ3n) is 3.90. The molecular formula is C20H30IN3O2S. The van der Waals surface area contributed by atoms with Crippen LogP contribution >= 0.6 is 35.3 Å². The number of nitrogens with one attached hydrogen (secondary N) is 2. The molecule has 0 saturated heterocycles. The second kappa shape index (κ2) is 12.8. The predicted molar refractivity (Wildman–Crippen MR) is 125 cm³/mol. The first-order chi connectivity index (χ1) is 12.7. The second-order valence-corrected chi connectivity index (χ2v) is 6.89. The van der Waals surface area contributed by atoms with Crippen LogP contribution in [0.2, 0.25) is 0 Å². The minimum absolute atomic E-state index is 0. The van der Waals surface area contributed by atoms with Crippen molar-refractivity contribution in [2.24, 2.45) is 4.99 Å². The van der Waals surface area contributed by atoms with Crippen LogP contribution in [-0.2, 0) is 6.54 Å². The Bertz CT molecular complexity index is 693. The molecule has 0 spiro atoms. The van der Waals surface area contributed by atoms with Gasteiger partial charge in [0.1, 0.15) is 0 Å². The lowest BCUT2D eigenvalue weighted by Gasteiger charge is -2.15. The van der Waals surface area contributed by atoms with Crippen molar-refractivity contribution < 1.29 is 9.47 Å². The SMILES string of the molecule is CCNC(=NCc1ccc(OC)c(OCC)c1)NCC(C)c1cccs1.I. The Morgan fingerprint density at radius 2 is 2.00 bits per heavy atom. The summed E-state index contributed by atoms with van der Waals surface area (Å²) < 4.78 is 11.0. The Balaban J connectivity index is 0.00000364. The monoisotopic (exact) mass is 503 g/mol. The van der Waals surface area contributed by atoms with E-state index in [1.165, 1.54) is 4.88 Å². The number of ether oxygens (including phenoxy) is 2. The summed E-state index contributed by atoms with van der Waals surface area (Å²) in [7, 11) is 1.65. The van der Waals surface area contributed by atoms with Gasteiger partial charge in [-0.3, -0.25) is 0 Å². The number of hydrogen-bond acceptors (Lipinski definition) is 4. The lowest BCUT2D eigenvalue weighted by molar-refractivity contribution is 0.310. The van der Waals surface area contributed by atoms with E-state index in [0.29, 0.717) is 19.1 Å². The van der Waals surface area contributed by atoms with Gasteiger partial charge in [0.15, 0.2) is 17.5 Å². The molecular weight excluding hydrogens is 473 g/mol. The summed E-state index contributed by atoms with van der Waals surface area (Å²) >= 11 is 1.79. The molecule has 0 aliphatic rings. The van der Waals surface area contributed by atoms with Crippen molar-refractivity contribution in [2.45, 2.75) is 33.2 Å². The zero-order valence-electron chi connectivity index (χ0n) is 16.5. The zero-order valence-corrected chi connectivity index (χ0v) is 19.6. The number of methoxy groups -OCH3 is 1. The maximum atomic E-state index is 5.64. The van der Waals surface area contributed by atoms with Gasteiger partial charge in [-0.05, 0) is 43.0 Å². The molecule has 0 saturated carbocycles. The maximum absolute atomic E-state index is 5.64. The topological polar surface area (TPSA) is 54.9 Å². The van der Waals surface area contributed by atoms with Crippen LogP contribution in [0.25, 0.3) is 0 Å². The number of rotatable bonds is 9. The van der Waals surface area contributed by atoms with Gasteiger partial charge in [0.05, 0.1) is 20.3 Å². The van der Waals surface area contributed by atoms with E-state index in [-0.39, 0.29) is 24.0 Å². The fourth-order valence-corrected chi connectivity index (χ4v) is 3.31. The van der Waals surface area contributed by atoms with E-state index >= 15 is 0 Å². The van der Waals surface area contributed by atoms with Crippen molar-refractivity contribution in [3.8, 4) is 11.5 Å². The molecule has 0 amide bonds. The summed E-state index contributed by atoms with van der Waals surface area (Å²) in [6.07, 6.45) is 0. The molecule has 1 aromatic carbocycles. The second-order valence-electron chi connectivity index (χ2n) is 5.91. The van der Waals surface area contributed by atoms with Crippen molar-refractivity contribution in [3.63, 3.8) is 0 Å². The van der Waals surface area contributed by atoms with Crippen LogP contribution in [0.4, 0.5) is 0 Å². The van der Waals surface area contributed by atoms with E-state index in [4.69, 9.17) is 14.5 Å². The predicted octanol–water partition coefficient (Wildman–Crippen LogP) is 4.63. The van der Waals surface area contributed by atoms with Crippen LogP contribution in [0.3, 0.4) is 0 Å². The highest BCUT2D eigenvalue weighted by Gasteiger charge is 2.08. The van der Waals surface area contributed by atoms with Gasteiger partial charge in [-0.1, -0.05) is 19.1 Å². The number of nitrogens with zero attached hydrogens (tertiary/aromatic N) is 1. The summed E-state index contributed by atoms with van der Waals surface area (Å²) in [5.74, 6) is 2.77. The summed E-state index contributed by atoms with van der Waals surface area (Å²) in [4.78, 5) is 6.07. The number of halogens is 1. The number of hydrogen-bond donors (Lipinski definition) is 2. The van der Waals surface area contributed by atoms with Gasteiger partial charge >= 0.3 is 0 Å². The average Bonchev–Trinajstić information content (AvgIpc) is 3.19. The molecule has 150 valence electrons. The van der Waals surface area contributed by atoms with E-state index in [1.807, 2.05) is 25.1 Å². The zero-order chi connectivity index (χ0) is 18.8. The van der Waals surface area contributed by atoms with Crippen molar-refractivity contribution in [1.82, 2.24) is 10.6 Å². The molecule has 0 radical (unpaired) electrons. The summed E-state index contributed by atoms with van der Waals surface area (Å²) in [6.45, 7) is 9.11. The number of benzene rings is 1. The molecule has 0 fully saturated rings. The van der Waals surface area contributed by atoms with Crippen LogP contribution in [0.5, 0.6) is 11.5 Å². The first kappa shape index (κ1) is 23.6. The third kappa shape index (κ3) is 7.57. The van der Waals surface area contributed by atoms with Gasteiger partial charge in [-0.2, -0.15) is 0 Å². The Hall–Kier alpha value is -1.48. The molecule has 0 aliphatic heterocycles. The molecule has 0 aliphatic carbocycles. The Labute approximate surface area is 183 Å².